The highest BCUT2D eigenvalue weighted by Gasteiger charge is 2.11. The molecule has 2 nitrogen and oxygen atoms in total. The highest BCUT2D eigenvalue weighted by Crippen LogP contribution is 2.25. The summed E-state index contributed by atoms with van der Waals surface area (Å²) in [5.74, 6) is -0.302. The molecule has 0 amide bonds. The van der Waals surface area contributed by atoms with Gasteiger partial charge < -0.3 is 10.8 Å². The van der Waals surface area contributed by atoms with E-state index in [2.05, 4.69) is 15.9 Å². The first-order valence-electron chi connectivity index (χ1n) is 5.53. The summed E-state index contributed by atoms with van der Waals surface area (Å²) in [5.41, 5.74) is 7.89. The molecule has 1 atom stereocenters. The van der Waals surface area contributed by atoms with Crippen LogP contribution in [0.3, 0.4) is 0 Å². The predicted molar refractivity (Wildman–Crippen MR) is 73.6 cm³/mol. The normalized spacial score (nSPS) is 12.4. The van der Waals surface area contributed by atoms with Gasteiger partial charge in [0.25, 0.3) is 0 Å². The number of rotatable bonds is 3. The van der Waals surface area contributed by atoms with E-state index in [4.69, 9.17) is 5.73 Å². The van der Waals surface area contributed by atoms with Crippen molar-refractivity contribution in [3.8, 4) is 0 Å². The second kappa shape index (κ2) is 5.50. The molecule has 0 aromatic heterocycles. The standard InChI is InChI=1S/C14H13BrFNO/c15-13-8-11(16)5-4-9(13)7-14(18)10-2-1-3-12(17)6-10/h1-6,8,14,18H,7,17H2. The van der Waals surface area contributed by atoms with Crippen molar-refractivity contribution in [2.75, 3.05) is 5.73 Å². The lowest BCUT2D eigenvalue weighted by Crippen LogP contribution is -2.03. The number of nitrogens with two attached hydrogens (primary N) is 1. The van der Waals surface area contributed by atoms with Crippen molar-refractivity contribution >= 4 is 21.6 Å². The monoisotopic (exact) mass is 309 g/mol. The van der Waals surface area contributed by atoms with Gasteiger partial charge in [0.15, 0.2) is 0 Å². The van der Waals surface area contributed by atoms with Crippen LogP contribution in [0.2, 0.25) is 0 Å². The molecule has 0 heterocycles. The number of benzene rings is 2. The molecule has 0 spiro atoms. The van der Waals surface area contributed by atoms with Gasteiger partial charge in [-0.25, -0.2) is 4.39 Å². The third kappa shape index (κ3) is 3.09. The van der Waals surface area contributed by atoms with E-state index in [0.717, 1.165) is 11.1 Å². The van der Waals surface area contributed by atoms with E-state index in [1.165, 1.54) is 12.1 Å². The second-order valence-corrected chi connectivity index (χ2v) is 4.98. The van der Waals surface area contributed by atoms with Crippen LogP contribution in [-0.2, 0) is 6.42 Å². The Bertz CT molecular complexity index is 559. The first kappa shape index (κ1) is 13.1. The van der Waals surface area contributed by atoms with Gasteiger partial charge in [-0.15, -0.1) is 0 Å². The molecule has 1 unspecified atom stereocenters. The van der Waals surface area contributed by atoms with Gasteiger partial charge in [0.05, 0.1) is 6.10 Å². The molecule has 0 aliphatic rings. The van der Waals surface area contributed by atoms with Crippen LogP contribution in [0.5, 0.6) is 0 Å². The van der Waals surface area contributed by atoms with E-state index < -0.39 is 6.10 Å². The molecule has 2 aromatic rings. The lowest BCUT2D eigenvalue weighted by molar-refractivity contribution is 0.178. The molecule has 0 aliphatic heterocycles. The first-order valence-corrected chi connectivity index (χ1v) is 6.33. The summed E-state index contributed by atoms with van der Waals surface area (Å²) in [7, 11) is 0. The Kier molecular flexibility index (Phi) is 3.99. The minimum absolute atomic E-state index is 0.302. The van der Waals surface area contributed by atoms with Crippen LogP contribution in [0.15, 0.2) is 46.9 Å². The zero-order valence-electron chi connectivity index (χ0n) is 9.61. The van der Waals surface area contributed by atoms with Crippen molar-refractivity contribution in [2.24, 2.45) is 0 Å². The lowest BCUT2D eigenvalue weighted by Gasteiger charge is -2.13. The number of aliphatic hydroxyl groups excluding tert-OH is 1. The number of halogens is 2. The summed E-state index contributed by atoms with van der Waals surface area (Å²) in [6, 6.07) is 11.6. The molecule has 0 saturated heterocycles. The zero-order valence-corrected chi connectivity index (χ0v) is 11.2. The first-order chi connectivity index (χ1) is 8.56. The molecule has 0 fully saturated rings. The Morgan fingerprint density at radius 1 is 1.22 bits per heavy atom. The molecular formula is C14H13BrFNO. The van der Waals surface area contributed by atoms with Gasteiger partial charge in [0, 0.05) is 16.6 Å². The molecule has 2 aromatic carbocycles. The number of nitrogen functional groups attached to an aromatic ring is 1. The van der Waals surface area contributed by atoms with Crippen LogP contribution in [0.4, 0.5) is 10.1 Å². The summed E-state index contributed by atoms with van der Waals surface area (Å²) >= 11 is 3.29. The summed E-state index contributed by atoms with van der Waals surface area (Å²) in [4.78, 5) is 0. The maximum atomic E-state index is 13.0. The van der Waals surface area contributed by atoms with Crippen LogP contribution in [-0.4, -0.2) is 5.11 Å². The highest BCUT2D eigenvalue weighted by molar-refractivity contribution is 9.10. The highest BCUT2D eigenvalue weighted by atomic mass is 79.9. The van der Waals surface area contributed by atoms with Gasteiger partial charge >= 0.3 is 0 Å². The van der Waals surface area contributed by atoms with Gasteiger partial charge in [-0.2, -0.15) is 0 Å². The average molecular weight is 310 g/mol. The van der Waals surface area contributed by atoms with Crippen molar-refractivity contribution in [1.82, 2.24) is 0 Å². The van der Waals surface area contributed by atoms with Crippen molar-refractivity contribution in [3.63, 3.8) is 0 Å². The third-order valence-electron chi connectivity index (χ3n) is 2.72. The van der Waals surface area contributed by atoms with Gasteiger partial charge in [-0.05, 0) is 35.4 Å². The molecular weight excluding hydrogens is 297 g/mol. The summed E-state index contributed by atoms with van der Waals surface area (Å²) < 4.78 is 13.6. The van der Waals surface area contributed by atoms with Crippen molar-refractivity contribution in [3.05, 3.63) is 63.9 Å². The van der Waals surface area contributed by atoms with E-state index in [-0.39, 0.29) is 5.82 Å². The molecule has 4 heteroatoms. The minimum Gasteiger partial charge on any atom is -0.399 e. The maximum Gasteiger partial charge on any atom is 0.124 e. The molecule has 94 valence electrons. The van der Waals surface area contributed by atoms with Crippen molar-refractivity contribution in [2.45, 2.75) is 12.5 Å². The molecule has 0 bridgehead atoms. The van der Waals surface area contributed by atoms with E-state index in [1.54, 1.807) is 24.3 Å². The maximum absolute atomic E-state index is 13.0. The Morgan fingerprint density at radius 3 is 2.67 bits per heavy atom. The van der Waals surface area contributed by atoms with Crippen molar-refractivity contribution < 1.29 is 9.50 Å². The molecule has 0 radical (unpaired) electrons. The van der Waals surface area contributed by atoms with Gasteiger partial charge in [0.1, 0.15) is 5.82 Å². The predicted octanol–water partition coefficient (Wildman–Crippen LogP) is 3.45. The van der Waals surface area contributed by atoms with E-state index in [9.17, 15) is 9.50 Å². The van der Waals surface area contributed by atoms with Crippen LogP contribution in [0.1, 0.15) is 17.2 Å². The fraction of sp³-hybridized carbons (Fsp3) is 0.143. The molecule has 0 saturated carbocycles. The Labute approximate surface area is 113 Å². The fourth-order valence-electron chi connectivity index (χ4n) is 1.78. The molecule has 0 aliphatic carbocycles. The lowest BCUT2D eigenvalue weighted by atomic mass is 10.0. The number of aliphatic hydroxyl groups is 1. The van der Waals surface area contributed by atoms with Gasteiger partial charge in [-0.3, -0.25) is 0 Å². The average Bonchev–Trinajstić information content (AvgIpc) is 2.32. The molecule has 18 heavy (non-hydrogen) atoms. The number of hydrogen-bond donors (Lipinski definition) is 2. The summed E-state index contributed by atoms with van der Waals surface area (Å²) in [6.07, 6.45) is -0.250. The van der Waals surface area contributed by atoms with Crippen LogP contribution < -0.4 is 5.73 Å². The van der Waals surface area contributed by atoms with Gasteiger partial charge in [-0.1, -0.05) is 34.1 Å². The Morgan fingerprint density at radius 2 is 2.00 bits per heavy atom. The van der Waals surface area contributed by atoms with Crippen LogP contribution >= 0.6 is 15.9 Å². The second-order valence-electron chi connectivity index (χ2n) is 4.13. The van der Waals surface area contributed by atoms with Crippen LogP contribution in [0.25, 0.3) is 0 Å². The smallest absolute Gasteiger partial charge is 0.124 e. The quantitative estimate of drug-likeness (QED) is 0.853. The third-order valence-corrected chi connectivity index (χ3v) is 3.46. The summed E-state index contributed by atoms with van der Waals surface area (Å²) in [6.45, 7) is 0. The molecule has 3 N–H and O–H groups in total. The fourth-order valence-corrected chi connectivity index (χ4v) is 2.29. The minimum atomic E-state index is -0.657. The number of anilines is 1. The van der Waals surface area contributed by atoms with E-state index >= 15 is 0 Å². The number of hydrogen-bond acceptors (Lipinski definition) is 2. The SMILES string of the molecule is Nc1cccc(C(O)Cc2ccc(F)cc2Br)c1. The van der Waals surface area contributed by atoms with Crippen LogP contribution in [0, 0.1) is 5.82 Å². The van der Waals surface area contributed by atoms with E-state index in [1.807, 2.05) is 6.07 Å². The Balaban J connectivity index is 2.18. The largest absolute Gasteiger partial charge is 0.399 e. The van der Waals surface area contributed by atoms with Crippen molar-refractivity contribution in [1.29, 1.82) is 0 Å². The summed E-state index contributed by atoms with van der Waals surface area (Å²) in [5, 5.41) is 10.1. The van der Waals surface area contributed by atoms with Gasteiger partial charge in [0.2, 0.25) is 0 Å². The van der Waals surface area contributed by atoms with E-state index in [0.29, 0.717) is 16.6 Å². The Hall–Kier alpha value is -1.39. The molecule has 2 rings (SSSR count). The topological polar surface area (TPSA) is 46.2 Å². The zero-order chi connectivity index (χ0) is 13.1.